The van der Waals surface area contributed by atoms with Gasteiger partial charge in [0.05, 0.1) is 23.4 Å². The molecule has 174 valence electrons. The van der Waals surface area contributed by atoms with E-state index in [0.717, 1.165) is 66.9 Å². The molecule has 1 saturated carbocycles. The van der Waals surface area contributed by atoms with Crippen molar-refractivity contribution in [3.63, 3.8) is 0 Å². The van der Waals surface area contributed by atoms with Crippen LogP contribution in [-0.2, 0) is 21.4 Å². The SMILES string of the molecule is CS(=O)(=O)NC(=O)C(c1ccc(OCc2ccc3ccccc3n2)cc1)C1CCCCCC1. The molecule has 4 rings (SSSR count). The summed E-state index contributed by atoms with van der Waals surface area (Å²) in [5.74, 6) is -0.132. The zero-order valence-electron chi connectivity index (χ0n) is 18.9. The maximum atomic E-state index is 12.9. The number of carbonyl (C=O) groups excluding carboxylic acids is 1. The van der Waals surface area contributed by atoms with Crippen LogP contribution in [0.25, 0.3) is 10.9 Å². The second-order valence-corrected chi connectivity index (χ2v) is 10.6. The zero-order chi connectivity index (χ0) is 23.3. The Morgan fingerprint density at radius 2 is 1.70 bits per heavy atom. The molecule has 0 radical (unpaired) electrons. The molecule has 2 aromatic carbocycles. The number of rotatable bonds is 7. The monoisotopic (exact) mass is 466 g/mol. The number of aromatic nitrogens is 1. The van der Waals surface area contributed by atoms with E-state index in [1.165, 1.54) is 0 Å². The molecule has 0 spiro atoms. The Balaban J connectivity index is 1.49. The first-order chi connectivity index (χ1) is 15.9. The van der Waals surface area contributed by atoms with Gasteiger partial charge in [-0.25, -0.2) is 13.4 Å². The number of benzene rings is 2. The minimum Gasteiger partial charge on any atom is -0.487 e. The van der Waals surface area contributed by atoms with Crippen molar-refractivity contribution >= 4 is 26.8 Å². The van der Waals surface area contributed by atoms with Gasteiger partial charge in [0.2, 0.25) is 15.9 Å². The highest BCUT2D eigenvalue weighted by Crippen LogP contribution is 2.36. The van der Waals surface area contributed by atoms with Gasteiger partial charge in [0.1, 0.15) is 12.4 Å². The molecule has 0 saturated heterocycles. The standard InChI is InChI=1S/C26H30N2O4S/c1-33(30,31)28-26(29)25(20-9-4-2-3-5-10-20)21-13-16-23(17-14-21)32-18-22-15-12-19-8-6-7-11-24(19)27-22/h6-8,11-17,20,25H,2-5,9-10,18H2,1H3,(H,28,29). The number of amides is 1. The van der Waals surface area contributed by atoms with Crippen molar-refractivity contribution < 1.29 is 17.9 Å². The molecule has 0 bridgehead atoms. The summed E-state index contributed by atoms with van der Waals surface area (Å²) in [6.07, 6.45) is 7.31. The normalized spacial score (nSPS) is 16.2. The van der Waals surface area contributed by atoms with Gasteiger partial charge in [-0.3, -0.25) is 9.52 Å². The smallest absolute Gasteiger partial charge is 0.241 e. The Morgan fingerprint density at radius 1 is 1.00 bits per heavy atom. The molecule has 33 heavy (non-hydrogen) atoms. The molecule has 1 heterocycles. The number of sulfonamides is 1. The topological polar surface area (TPSA) is 85.4 Å². The lowest BCUT2D eigenvalue weighted by molar-refractivity contribution is -0.122. The highest BCUT2D eigenvalue weighted by Gasteiger charge is 2.31. The number of nitrogens with one attached hydrogen (secondary N) is 1. The predicted octanol–water partition coefficient (Wildman–Crippen LogP) is 4.94. The summed E-state index contributed by atoms with van der Waals surface area (Å²) < 4.78 is 31.6. The first-order valence-electron chi connectivity index (χ1n) is 11.5. The molecule has 6 nitrogen and oxygen atoms in total. The number of nitrogens with zero attached hydrogens (tertiary/aromatic N) is 1. The van der Waals surface area contributed by atoms with Gasteiger partial charge in [0.25, 0.3) is 0 Å². The predicted molar refractivity (Wildman–Crippen MR) is 129 cm³/mol. The fraction of sp³-hybridized carbons (Fsp3) is 0.385. The number of hydrogen-bond donors (Lipinski definition) is 1. The van der Waals surface area contributed by atoms with Crippen LogP contribution >= 0.6 is 0 Å². The van der Waals surface area contributed by atoms with E-state index >= 15 is 0 Å². The second-order valence-electron chi connectivity index (χ2n) is 8.82. The van der Waals surface area contributed by atoms with Crippen molar-refractivity contribution in [2.45, 2.75) is 51.0 Å². The lowest BCUT2D eigenvalue weighted by Crippen LogP contribution is -2.36. The maximum Gasteiger partial charge on any atom is 0.241 e. The number of para-hydroxylation sites is 1. The van der Waals surface area contributed by atoms with E-state index in [4.69, 9.17) is 4.74 Å². The molecule has 1 aromatic heterocycles. The van der Waals surface area contributed by atoms with Gasteiger partial charge < -0.3 is 4.74 Å². The Kier molecular flexibility index (Phi) is 7.28. The molecule has 1 fully saturated rings. The summed E-state index contributed by atoms with van der Waals surface area (Å²) in [5.41, 5.74) is 2.58. The highest BCUT2D eigenvalue weighted by atomic mass is 32.2. The maximum absolute atomic E-state index is 12.9. The summed E-state index contributed by atoms with van der Waals surface area (Å²) in [5, 5.41) is 1.09. The third-order valence-electron chi connectivity index (χ3n) is 6.22. The number of hydrogen-bond acceptors (Lipinski definition) is 5. The third-order valence-corrected chi connectivity index (χ3v) is 6.79. The molecule has 1 aliphatic rings. The van der Waals surface area contributed by atoms with Crippen LogP contribution in [0.15, 0.2) is 60.7 Å². The Labute approximate surface area is 195 Å². The molecular formula is C26H30N2O4S. The molecule has 1 atom stereocenters. The zero-order valence-corrected chi connectivity index (χ0v) is 19.7. The molecule has 1 N–H and O–H groups in total. The molecule has 3 aromatic rings. The number of fused-ring (bicyclic) bond motifs is 1. The number of ether oxygens (including phenoxy) is 1. The van der Waals surface area contributed by atoms with Gasteiger partial charge in [-0.2, -0.15) is 0 Å². The Hall–Kier alpha value is -2.93. The van der Waals surface area contributed by atoms with Crippen LogP contribution in [0.3, 0.4) is 0 Å². The van der Waals surface area contributed by atoms with Gasteiger partial charge in [0.15, 0.2) is 0 Å². The van der Waals surface area contributed by atoms with Gasteiger partial charge >= 0.3 is 0 Å². The fourth-order valence-corrected chi connectivity index (χ4v) is 5.14. The van der Waals surface area contributed by atoms with Crippen molar-refractivity contribution in [2.24, 2.45) is 5.92 Å². The van der Waals surface area contributed by atoms with Crippen LogP contribution in [-0.4, -0.2) is 25.6 Å². The minimum atomic E-state index is -3.62. The molecule has 1 aliphatic carbocycles. The van der Waals surface area contributed by atoms with Gasteiger partial charge in [-0.15, -0.1) is 0 Å². The number of pyridine rings is 1. The fourth-order valence-electron chi connectivity index (χ4n) is 4.65. The van der Waals surface area contributed by atoms with Crippen molar-refractivity contribution in [1.29, 1.82) is 0 Å². The summed E-state index contributed by atoms with van der Waals surface area (Å²) in [7, 11) is -3.62. The van der Waals surface area contributed by atoms with Crippen molar-refractivity contribution in [3.05, 3.63) is 71.9 Å². The molecule has 1 unspecified atom stereocenters. The van der Waals surface area contributed by atoms with E-state index in [2.05, 4.69) is 9.71 Å². The first kappa shape index (κ1) is 23.2. The van der Waals surface area contributed by atoms with Crippen LogP contribution in [0, 0.1) is 5.92 Å². The van der Waals surface area contributed by atoms with Gasteiger partial charge in [0, 0.05) is 5.39 Å². The van der Waals surface area contributed by atoms with Crippen molar-refractivity contribution in [2.75, 3.05) is 6.26 Å². The second kappa shape index (κ2) is 10.3. The van der Waals surface area contributed by atoms with Gasteiger partial charge in [-0.05, 0) is 48.6 Å². The van der Waals surface area contributed by atoms with Crippen LogP contribution in [0.5, 0.6) is 5.75 Å². The van der Waals surface area contributed by atoms with E-state index < -0.39 is 21.8 Å². The average Bonchev–Trinajstić information content (AvgIpc) is 3.07. The van der Waals surface area contributed by atoms with Crippen LogP contribution in [0.4, 0.5) is 0 Å². The van der Waals surface area contributed by atoms with Crippen molar-refractivity contribution in [1.82, 2.24) is 9.71 Å². The summed E-state index contributed by atoms with van der Waals surface area (Å²) >= 11 is 0. The van der Waals surface area contributed by atoms with E-state index in [-0.39, 0.29) is 5.92 Å². The molecule has 7 heteroatoms. The number of carbonyl (C=O) groups is 1. The quantitative estimate of drug-likeness (QED) is 0.498. The van der Waals surface area contributed by atoms with Crippen LogP contribution in [0.2, 0.25) is 0 Å². The Bertz CT molecular complexity index is 1200. The lowest BCUT2D eigenvalue weighted by atomic mass is 9.81. The highest BCUT2D eigenvalue weighted by molar-refractivity contribution is 7.89. The van der Waals surface area contributed by atoms with E-state index in [0.29, 0.717) is 12.4 Å². The van der Waals surface area contributed by atoms with Crippen molar-refractivity contribution in [3.8, 4) is 5.75 Å². The lowest BCUT2D eigenvalue weighted by Gasteiger charge is -2.25. The van der Waals surface area contributed by atoms with E-state index in [9.17, 15) is 13.2 Å². The van der Waals surface area contributed by atoms with Crippen LogP contribution < -0.4 is 9.46 Å². The van der Waals surface area contributed by atoms with E-state index in [1.54, 1.807) is 0 Å². The first-order valence-corrected chi connectivity index (χ1v) is 13.4. The minimum absolute atomic E-state index is 0.128. The third kappa shape index (κ3) is 6.32. The summed E-state index contributed by atoms with van der Waals surface area (Å²) in [4.78, 5) is 17.6. The molecular weight excluding hydrogens is 436 g/mol. The van der Waals surface area contributed by atoms with Gasteiger partial charge in [-0.1, -0.05) is 62.1 Å². The molecule has 0 aliphatic heterocycles. The molecule has 1 amide bonds. The largest absolute Gasteiger partial charge is 0.487 e. The van der Waals surface area contributed by atoms with Crippen LogP contribution in [0.1, 0.15) is 55.7 Å². The summed E-state index contributed by atoms with van der Waals surface area (Å²) in [6.45, 7) is 0.338. The Morgan fingerprint density at radius 3 is 2.39 bits per heavy atom. The van der Waals surface area contributed by atoms with E-state index in [1.807, 2.05) is 60.7 Å². The average molecular weight is 467 g/mol. The summed E-state index contributed by atoms with van der Waals surface area (Å²) in [6, 6.07) is 19.4.